The molecule has 4 heteroatoms. The molecule has 0 spiro atoms. The fourth-order valence-corrected chi connectivity index (χ4v) is 2.66. The summed E-state index contributed by atoms with van der Waals surface area (Å²) in [4.78, 5) is 4.53. The number of nitrogens with two attached hydrogens (primary N) is 1. The Morgan fingerprint density at radius 1 is 1.39 bits per heavy atom. The van der Waals surface area contributed by atoms with Crippen LogP contribution in [0.3, 0.4) is 0 Å². The van der Waals surface area contributed by atoms with E-state index in [1.165, 1.54) is 6.07 Å². The predicted molar refractivity (Wildman–Crippen MR) is 73.2 cm³/mol. The van der Waals surface area contributed by atoms with Gasteiger partial charge in [-0.2, -0.15) is 0 Å². The van der Waals surface area contributed by atoms with Crippen molar-refractivity contribution in [2.75, 3.05) is 32.1 Å². The van der Waals surface area contributed by atoms with E-state index in [1.807, 2.05) is 13.1 Å². The van der Waals surface area contributed by atoms with E-state index in [1.54, 1.807) is 6.07 Å². The van der Waals surface area contributed by atoms with Gasteiger partial charge in [-0.15, -0.1) is 0 Å². The third kappa shape index (κ3) is 2.65. The zero-order valence-corrected chi connectivity index (χ0v) is 11.2. The molecule has 0 bridgehead atoms. The molecule has 1 aliphatic rings. The molecule has 2 rings (SSSR count). The number of anilines is 1. The summed E-state index contributed by atoms with van der Waals surface area (Å²) in [6, 6.07) is 5.68. The molecule has 100 valence electrons. The van der Waals surface area contributed by atoms with Crippen LogP contribution < -0.4 is 10.6 Å². The molecule has 1 fully saturated rings. The van der Waals surface area contributed by atoms with Crippen molar-refractivity contribution >= 4 is 5.69 Å². The third-order valence-corrected chi connectivity index (χ3v) is 3.91. The minimum absolute atomic E-state index is 0.199. The molecule has 1 aromatic carbocycles. The van der Waals surface area contributed by atoms with Crippen molar-refractivity contribution < 1.29 is 4.39 Å². The Hall–Kier alpha value is -1.13. The highest BCUT2D eigenvalue weighted by Crippen LogP contribution is 2.26. The summed E-state index contributed by atoms with van der Waals surface area (Å²) in [5, 5.41) is 0. The van der Waals surface area contributed by atoms with Gasteiger partial charge in [0.25, 0.3) is 0 Å². The first-order valence-corrected chi connectivity index (χ1v) is 6.52. The topological polar surface area (TPSA) is 32.5 Å². The first kappa shape index (κ1) is 13.3. The molecule has 1 aliphatic heterocycles. The molecule has 1 saturated heterocycles. The van der Waals surface area contributed by atoms with E-state index in [-0.39, 0.29) is 12.4 Å². The van der Waals surface area contributed by atoms with Crippen molar-refractivity contribution in [3.63, 3.8) is 0 Å². The molecule has 0 amide bonds. The van der Waals surface area contributed by atoms with E-state index in [4.69, 9.17) is 5.73 Å². The van der Waals surface area contributed by atoms with Crippen LogP contribution in [-0.2, 0) is 6.54 Å². The number of hydrogen-bond acceptors (Lipinski definition) is 3. The van der Waals surface area contributed by atoms with Crippen LogP contribution in [0.5, 0.6) is 0 Å². The molecule has 0 atom stereocenters. The van der Waals surface area contributed by atoms with Crippen molar-refractivity contribution in [1.82, 2.24) is 4.90 Å². The molecule has 1 aromatic rings. The highest BCUT2D eigenvalue weighted by atomic mass is 19.1. The number of hydrogen-bond donors (Lipinski definition) is 1. The van der Waals surface area contributed by atoms with E-state index in [2.05, 4.69) is 16.8 Å². The van der Waals surface area contributed by atoms with Crippen LogP contribution in [-0.4, -0.2) is 38.1 Å². The van der Waals surface area contributed by atoms with Gasteiger partial charge in [0.2, 0.25) is 0 Å². The molecule has 3 nitrogen and oxygen atoms in total. The summed E-state index contributed by atoms with van der Waals surface area (Å²) in [5.74, 6) is -0.199. The largest absolute Gasteiger partial charge is 0.371 e. The van der Waals surface area contributed by atoms with Crippen LogP contribution >= 0.6 is 0 Å². The van der Waals surface area contributed by atoms with Crippen LogP contribution in [0.2, 0.25) is 0 Å². The zero-order chi connectivity index (χ0) is 13.1. The number of likely N-dealkylation sites (tertiary alicyclic amines) is 1. The third-order valence-electron chi connectivity index (χ3n) is 3.91. The van der Waals surface area contributed by atoms with Crippen molar-refractivity contribution in [1.29, 1.82) is 0 Å². The number of nitrogens with zero attached hydrogens (tertiary/aromatic N) is 2. The summed E-state index contributed by atoms with van der Waals surface area (Å²) >= 11 is 0. The molecule has 1 heterocycles. The average Bonchev–Trinajstić information content (AvgIpc) is 2.38. The lowest BCUT2D eigenvalue weighted by molar-refractivity contribution is 0.252. The molecule has 2 N–H and O–H groups in total. The Bertz CT molecular complexity index is 400. The van der Waals surface area contributed by atoms with Crippen molar-refractivity contribution in [3.05, 3.63) is 29.6 Å². The van der Waals surface area contributed by atoms with Crippen LogP contribution in [0.4, 0.5) is 10.1 Å². The zero-order valence-electron chi connectivity index (χ0n) is 11.2. The SMILES string of the molecule is CN1CCC(N(C)c2cccc(F)c2CN)CC1. The normalized spacial score (nSPS) is 18.0. The molecule has 0 radical (unpaired) electrons. The fourth-order valence-electron chi connectivity index (χ4n) is 2.66. The Balaban J connectivity index is 2.18. The number of rotatable bonds is 3. The summed E-state index contributed by atoms with van der Waals surface area (Å²) in [7, 11) is 4.19. The standard InChI is InChI=1S/C14H22FN3/c1-17-8-6-11(7-9-17)18(2)14-5-3-4-13(15)12(14)10-16/h3-5,11H,6-10,16H2,1-2H3. The Morgan fingerprint density at radius 2 is 2.06 bits per heavy atom. The molecular weight excluding hydrogens is 229 g/mol. The van der Waals surface area contributed by atoms with Gasteiger partial charge >= 0.3 is 0 Å². The van der Waals surface area contributed by atoms with Gasteiger partial charge in [0.15, 0.2) is 0 Å². The van der Waals surface area contributed by atoms with Crippen molar-refractivity contribution in [2.45, 2.75) is 25.4 Å². The highest BCUT2D eigenvalue weighted by Gasteiger charge is 2.22. The molecular formula is C14H22FN3. The van der Waals surface area contributed by atoms with Gasteiger partial charge in [-0.25, -0.2) is 4.39 Å². The van der Waals surface area contributed by atoms with Gasteiger partial charge in [-0.05, 0) is 45.1 Å². The second kappa shape index (κ2) is 5.67. The van der Waals surface area contributed by atoms with Gasteiger partial charge < -0.3 is 15.5 Å². The average molecular weight is 251 g/mol. The number of halogens is 1. The molecule has 0 aliphatic carbocycles. The van der Waals surface area contributed by atoms with Gasteiger partial charge in [-0.1, -0.05) is 6.07 Å². The maximum absolute atomic E-state index is 13.7. The van der Waals surface area contributed by atoms with Crippen molar-refractivity contribution in [2.24, 2.45) is 5.73 Å². The summed E-state index contributed by atoms with van der Waals surface area (Å²) < 4.78 is 13.7. The second-order valence-corrected chi connectivity index (χ2v) is 5.09. The number of benzene rings is 1. The first-order chi connectivity index (χ1) is 8.63. The van der Waals surface area contributed by atoms with Crippen LogP contribution in [0.1, 0.15) is 18.4 Å². The lowest BCUT2D eigenvalue weighted by atomic mass is 10.0. The Labute approximate surface area is 108 Å². The maximum atomic E-state index is 13.7. The number of piperidine rings is 1. The van der Waals surface area contributed by atoms with Gasteiger partial charge in [0.05, 0.1) is 0 Å². The quantitative estimate of drug-likeness (QED) is 0.889. The minimum Gasteiger partial charge on any atom is -0.371 e. The summed E-state index contributed by atoms with van der Waals surface area (Å²) in [5.41, 5.74) is 7.23. The first-order valence-electron chi connectivity index (χ1n) is 6.52. The van der Waals surface area contributed by atoms with Gasteiger partial charge in [0, 0.05) is 30.9 Å². The highest BCUT2D eigenvalue weighted by molar-refractivity contribution is 5.54. The summed E-state index contributed by atoms with van der Waals surface area (Å²) in [6.45, 7) is 2.45. The van der Waals surface area contributed by atoms with Crippen LogP contribution in [0.15, 0.2) is 18.2 Å². The molecule has 18 heavy (non-hydrogen) atoms. The molecule has 0 aromatic heterocycles. The lowest BCUT2D eigenvalue weighted by Crippen LogP contribution is -2.42. The van der Waals surface area contributed by atoms with Crippen molar-refractivity contribution in [3.8, 4) is 0 Å². The van der Waals surface area contributed by atoms with E-state index >= 15 is 0 Å². The predicted octanol–water partition coefficient (Wildman–Crippen LogP) is 1.81. The lowest BCUT2D eigenvalue weighted by Gasteiger charge is -2.37. The smallest absolute Gasteiger partial charge is 0.129 e. The Kier molecular flexibility index (Phi) is 4.19. The van der Waals surface area contributed by atoms with Crippen LogP contribution in [0.25, 0.3) is 0 Å². The van der Waals surface area contributed by atoms with Crippen LogP contribution in [0, 0.1) is 5.82 Å². The Morgan fingerprint density at radius 3 is 2.67 bits per heavy atom. The van der Waals surface area contributed by atoms with Gasteiger partial charge in [-0.3, -0.25) is 0 Å². The molecule has 0 unspecified atom stereocenters. The molecule has 0 saturated carbocycles. The minimum atomic E-state index is -0.199. The van der Waals surface area contributed by atoms with Gasteiger partial charge in [0.1, 0.15) is 5.82 Å². The maximum Gasteiger partial charge on any atom is 0.129 e. The monoisotopic (exact) mass is 251 g/mol. The van der Waals surface area contributed by atoms with E-state index in [9.17, 15) is 4.39 Å². The van der Waals surface area contributed by atoms with E-state index in [0.29, 0.717) is 11.6 Å². The van der Waals surface area contributed by atoms with E-state index < -0.39 is 0 Å². The second-order valence-electron chi connectivity index (χ2n) is 5.09. The fraction of sp³-hybridized carbons (Fsp3) is 0.571. The summed E-state index contributed by atoms with van der Waals surface area (Å²) in [6.07, 6.45) is 2.24. The van der Waals surface area contributed by atoms with E-state index in [0.717, 1.165) is 31.6 Å².